The number of carbonyl (C=O) groups excluding carboxylic acids is 2. The van der Waals surface area contributed by atoms with E-state index < -0.39 is 0 Å². The molecule has 0 aromatic heterocycles. The first kappa shape index (κ1) is 21.2. The molecule has 1 N–H and O–H groups in total. The van der Waals surface area contributed by atoms with Crippen LogP contribution in [-0.4, -0.2) is 60.9 Å². The quantitative estimate of drug-likeness (QED) is 0.721. The Bertz CT molecular complexity index is 599. The van der Waals surface area contributed by atoms with Crippen molar-refractivity contribution in [3.05, 3.63) is 24.3 Å². The van der Waals surface area contributed by atoms with Crippen molar-refractivity contribution >= 4 is 17.5 Å². The Kier molecular flexibility index (Phi) is 8.58. The number of piperidine rings is 1. The normalized spacial score (nSPS) is 17.0. The number of anilines is 1. The maximum Gasteiger partial charge on any atom is 0.229 e. The van der Waals surface area contributed by atoms with Crippen LogP contribution >= 0.6 is 0 Å². The summed E-state index contributed by atoms with van der Waals surface area (Å²) in [7, 11) is 0. The van der Waals surface area contributed by atoms with Crippen LogP contribution in [0.25, 0.3) is 0 Å². The number of nitrogens with zero attached hydrogens (tertiary/aromatic N) is 2. The van der Waals surface area contributed by atoms with Gasteiger partial charge in [0.1, 0.15) is 12.4 Å². The van der Waals surface area contributed by atoms with Crippen molar-refractivity contribution in [2.75, 3.05) is 44.6 Å². The summed E-state index contributed by atoms with van der Waals surface area (Å²) in [5, 5.41) is 2.97. The fourth-order valence-corrected chi connectivity index (χ4v) is 3.35. The molecule has 0 saturated carbocycles. The van der Waals surface area contributed by atoms with Crippen molar-refractivity contribution < 1.29 is 14.3 Å². The molecule has 27 heavy (non-hydrogen) atoms. The molecule has 1 aliphatic heterocycles. The maximum atomic E-state index is 12.5. The monoisotopic (exact) mass is 375 g/mol. The summed E-state index contributed by atoms with van der Waals surface area (Å²) >= 11 is 0. The van der Waals surface area contributed by atoms with Crippen LogP contribution in [0.15, 0.2) is 24.3 Å². The van der Waals surface area contributed by atoms with Gasteiger partial charge in [-0.25, -0.2) is 0 Å². The number of likely N-dealkylation sites (tertiary alicyclic amines) is 1. The molecule has 1 fully saturated rings. The molecule has 2 rings (SSSR count). The summed E-state index contributed by atoms with van der Waals surface area (Å²) in [6.07, 6.45) is 2.19. The molecule has 1 atom stereocenters. The van der Waals surface area contributed by atoms with Gasteiger partial charge in [-0.3, -0.25) is 9.59 Å². The molecule has 150 valence electrons. The van der Waals surface area contributed by atoms with E-state index in [0.29, 0.717) is 19.6 Å². The number of benzene rings is 1. The maximum absolute atomic E-state index is 12.5. The Morgan fingerprint density at radius 3 is 2.52 bits per heavy atom. The largest absolute Gasteiger partial charge is 0.492 e. The first-order valence-electron chi connectivity index (χ1n) is 10.1. The van der Waals surface area contributed by atoms with E-state index in [4.69, 9.17) is 4.74 Å². The van der Waals surface area contributed by atoms with Gasteiger partial charge in [-0.05, 0) is 50.2 Å². The summed E-state index contributed by atoms with van der Waals surface area (Å²) in [6, 6.07) is 7.49. The Hall–Kier alpha value is -2.08. The van der Waals surface area contributed by atoms with Gasteiger partial charge in [0.05, 0.1) is 5.92 Å². The SMILES string of the molecule is CCC(=O)N1CCCC(C(=O)Nc2ccc(OCCN(CC)CC)cc2)C1. The molecular weight excluding hydrogens is 342 g/mol. The van der Waals surface area contributed by atoms with Crippen molar-refractivity contribution in [2.45, 2.75) is 40.0 Å². The predicted molar refractivity (Wildman–Crippen MR) is 108 cm³/mol. The van der Waals surface area contributed by atoms with Crippen LogP contribution < -0.4 is 10.1 Å². The summed E-state index contributed by atoms with van der Waals surface area (Å²) in [6.45, 7) is 11.0. The van der Waals surface area contributed by atoms with E-state index in [-0.39, 0.29) is 17.7 Å². The van der Waals surface area contributed by atoms with Crippen LogP contribution in [0.3, 0.4) is 0 Å². The number of rotatable bonds is 9. The highest BCUT2D eigenvalue weighted by Crippen LogP contribution is 2.21. The molecule has 1 unspecified atom stereocenters. The molecule has 1 saturated heterocycles. The van der Waals surface area contributed by atoms with Gasteiger partial charge in [0.15, 0.2) is 0 Å². The number of amides is 2. The number of carbonyl (C=O) groups is 2. The molecule has 0 spiro atoms. The van der Waals surface area contributed by atoms with Crippen LogP contribution in [0.1, 0.15) is 40.0 Å². The van der Waals surface area contributed by atoms with E-state index >= 15 is 0 Å². The third-order valence-corrected chi connectivity index (χ3v) is 5.14. The van der Waals surface area contributed by atoms with Crippen LogP contribution in [0, 0.1) is 5.92 Å². The minimum Gasteiger partial charge on any atom is -0.492 e. The Morgan fingerprint density at radius 2 is 1.89 bits per heavy atom. The molecular formula is C21H33N3O3. The summed E-state index contributed by atoms with van der Waals surface area (Å²) in [5.74, 6) is 0.773. The van der Waals surface area contributed by atoms with Crippen molar-refractivity contribution in [1.82, 2.24) is 9.80 Å². The van der Waals surface area contributed by atoms with Gasteiger partial charge in [-0.1, -0.05) is 20.8 Å². The van der Waals surface area contributed by atoms with Gasteiger partial charge < -0.3 is 19.9 Å². The number of ether oxygens (including phenoxy) is 1. The van der Waals surface area contributed by atoms with Crippen LogP contribution in [-0.2, 0) is 9.59 Å². The van der Waals surface area contributed by atoms with Crippen LogP contribution in [0.5, 0.6) is 5.75 Å². The lowest BCUT2D eigenvalue weighted by Gasteiger charge is -2.31. The first-order chi connectivity index (χ1) is 13.1. The van der Waals surface area contributed by atoms with Crippen LogP contribution in [0.4, 0.5) is 5.69 Å². The van der Waals surface area contributed by atoms with E-state index in [1.165, 1.54) is 0 Å². The average molecular weight is 376 g/mol. The molecule has 0 radical (unpaired) electrons. The first-order valence-corrected chi connectivity index (χ1v) is 10.1. The third kappa shape index (κ3) is 6.54. The molecule has 0 aliphatic carbocycles. The molecule has 6 nitrogen and oxygen atoms in total. The second kappa shape index (κ2) is 10.9. The Balaban J connectivity index is 1.81. The summed E-state index contributed by atoms with van der Waals surface area (Å²) in [5.41, 5.74) is 0.759. The predicted octanol–water partition coefficient (Wildman–Crippen LogP) is 2.99. The van der Waals surface area contributed by atoms with Crippen molar-refractivity contribution in [3.8, 4) is 5.75 Å². The van der Waals surface area contributed by atoms with Gasteiger partial charge in [0, 0.05) is 31.7 Å². The highest BCUT2D eigenvalue weighted by atomic mass is 16.5. The van der Waals surface area contributed by atoms with Gasteiger partial charge in [-0.2, -0.15) is 0 Å². The van der Waals surface area contributed by atoms with E-state index in [1.807, 2.05) is 31.2 Å². The van der Waals surface area contributed by atoms with E-state index in [9.17, 15) is 9.59 Å². The van der Waals surface area contributed by atoms with Crippen molar-refractivity contribution in [2.24, 2.45) is 5.92 Å². The number of nitrogens with one attached hydrogen (secondary N) is 1. The third-order valence-electron chi connectivity index (χ3n) is 5.14. The highest BCUT2D eigenvalue weighted by molar-refractivity contribution is 5.93. The fraction of sp³-hybridized carbons (Fsp3) is 0.619. The lowest BCUT2D eigenvalue weighted by molar-refractivity contribution is -0.134. The zero-order chi connectivity index (χ0) is 19.6. The fourth-order valence-electron chi connectivity index (χ4n) is 3.35. The molecule has 6 heteroatoms. The number of likely N-dealkylation sites (N-methyl/N-ethyl adjacent to an activating group) is 1. The van der Waals surface area contributed by atoms with E-state index in [1.54, 1.807) is 4.90 Å². The van der Waals surface area contributed by atoms with Crippen molar-refractivity contribution in [3.63, 3.8) is 0 Å². The smallest absolute Gasteiger partial charge is 0.229 e. The van der Waals surface area contributed by atoms with E-state index in [0.717, 1.165) is 50.5 Å². The van der Waals surface area contributed by atoms with Crippen LogP contribution in [0.2, 0.25) is 0 Å². The second-order valence-electron chi connectivity index (χ2n) is 6.92. The topological polar surface area (TPSA) is 61.9 Å². The van der Waals surface area contributed by atoms with Gasteiger partial charge >= 0.3 is 0 Å². The molecule has 1 aromatic carbocycles. The second-order valence-corrected chi connectivity index (χ2v) is 6.92. The Morgan fingerprint density at radius 1 is 1.19 bits per heavy atom. The minimum absolute atomic E-state index is 0.0150. The zero-order valence-electron chi connectivity index (χ0n) is 16.9. The standard InChI is InChI=1S/C21H33N3O3/c1-4-20(25)24-13-7-8-17(16-24)21(26)22-18-9-11-19(12-10-18)27-15-14-23(5-2)6-3/h9-12,17H,4-8,13-16H2,1-3H3,(H,22,26). The highest BCUT2D eigenvalue weighted by Gasteiger charge is 2.27. The molecule has 0 bridgehead atoms. The van der Waals surface area contributed by atoms with Gasteiger partial charge in [0.2, 0.25) is 11.8 Å². The summed E-state index contributed by atoms with van der Waals surface area (Å²) in [4.78, 5) is 28.5. The molecule has 1 aliphatic rings. The zero-order valence-corrected chi connectivity index (χ0v) is 16.9. The average Bonchev–Trinajstić information content (AvgIpc) is 2.72. The minimum atomic E-state index is -0.140. The van der Waals surface area contributed by atoms with Crippen molar-refractivity contribution in [1.29, 1.82) is 0 Å². The Labute approximate surface area is 162 Å². The molecule has 2 amide bonds. The lowest BCUT2D eigenvalue weighted by Crippen LogP contribution is -2.43. The van der Waals surface area contributed by atoms with E-state index in [2.05, 4.69) is 24.1 Å². The number of hydrogen-bond donors (Lipinski definition) is 1. The molecule has 1 heterocycles. The lowest BCUT2D eigenvalue weighted by atomic mass is 9.96. The molecule has 1 aromatic rings. The number of hydrogen-bond acceptors (Lipinski definition) is 4. The van der Waals surface area contributed by atoms with Gasteiger partial charge in [-0.15, -0.1) is 0 Å². The van der Waals surface area contributed by atoms with Gasteiger partial charge in [0.25, 0.3) is 0 Å². The summed E-state index contributed by atoms with van der Waals surface area (Å²) < 4.78 is 5.77.